The summed E-state index contributed by atoms with van der Waals surface area (Å²) in [7, 11) is 0. The highest BCUT2D eigenvalue weighted by atomic mass is 79.9. The fourth-order valence-electron chi connectivity index (χ4n) is 1.82. The van der Waals surface area contributed by atoms with Crippen LogP contribution in [0.2, 0.25) is 5.02 Å². The number of hydrogen-bond acceptors (Lipinski definition) is 3. The fourth-order valence-corrected chi connectivity index (χ4v) is 2.54. The predicted molar refractivity (Wildman–Crippen MR) is 81.0 cm³/mol. The van der Waals surface area contributed by atoms with Gasteiger partial charge < -0.3 is 15.5 Å². The average Bonchev–Trinajstić information content (AvgIpc) is 2.32. The van der Waals surface area contributed by atoms with E-state index in [2.05, 4.69) is 21.2 Å². The molecule has 0 aliphatic carbocycles. The van der Waals surface area contributed by atoms with Gasteiger partial charge in [0, 0.05) is 16.1 Å². The lowest BCUT2D eigenvalue weighted by atomic mass is 10.1. The van der Waals surface area contributed by atoms with E-state index < -0.39 is 0 Å². The van der Waals surface area contributed by atoms with E-state index in [1.165, 1.54) is 12.1 Å². The Hall–Kier alpha value is -1.39. The van der Waals surface area contributed by atoms with Gasteiger partial charge in [-0.1, -0.05) is 27.5 Å². The van der Waals surface area contributed by atoms with Gasteiger partial charge in [0.2, 0.25) is 0 Å². The van der Waals surface area contributed by atoms with Crippen molar-refractivity contribution in [2.45, 2.75) is 13.0 Å². The summed E-state index contributed by atoms with van der Waals surface area (Å²) in [5, 5.41) is 22.9. The third-order valence-corrected chi connectivity index (χ3v) is 3.59. The lowest BCUT2D eigenvalue weighted by Crippen LogP contribution is -2.07. The number of halogens is 2. The van der Waals surface area contributed by atoms with Crippen LogP contribution in [-0.4, -0.2) is 10.2 Å². The van der Waals surface area contributed by atoms with Gasteiger partial charge in [0.1, 0.15) is 11.5 Å². The Morgan fingerprint density at radius 1 is 1.16 bits per heavy atom. The van der Waals surface area contributed by atoms with E-state index in [1.54, 1.807) is 12.1 Å². The van der Waals surface area contributed by atoms with E-state index in [9.17, 15) is 10.2 Å². The molecule has 0 amide bonds. The highest BCUT2D eigenvalue weighted by molar-refractivity contribution is 9.10. The van der Waals surface area contributed by atoms with Crippen LogP contribution in [0.3, 0.4) is 0 Å². The van der Waals surface area contributed by atoms with Gasteiger partial charge >= 0.3 is 0 Å². The molecule has 3 N–H and O–H groups in total. The Kier molecular flexibility index (Phi) is 4.22. The first kappa shape index (κ1) is 14.0. The van der Waals surface area contributed by atoms with E-state index in [-0.39, 0.29) is 17.5 Å². The van der Waals surface area contributed by atoms with Crippen molar-refractivity contribution in [3.8, 4) is 11.5 Å². The molecule has 2 rings (SSSR count). The maximum Gasteiger partial charge on any atom is 0.124 e. The van der Waals surface area contributed by atoms with Crippen molar-refractivity contribution in [2.75, 3.05) is 5.32 Å². The van der Waals surface area contributed by atoms with Gasteiger partial charge in [-0.15, -0.1) is 0 Å². The van der Waals surface area contributed by atoms with Gasteiger partial charge in [0.15, 0.2) is 0 Å². The smallest absolute Gasteiger partial charge is 0.124 e. The van der Waals surface area contributed by atoms with Crippen LogP contribution in [0.5, 0.6) is 11.5 Å². The fraction of sp³-hybridized carbons (Fsp3) is 0.143. The average molecular weight is 343 g/mol. The van der Waals surface area contributed by atoms with Crippen molar-refractivity contribution >= 4 is 33.2 Å². The second-order valence-electron chi connectivity index (χ2n) is 4.23. The van der Waals surface area contributed by atoms with Gasteiger partial charge in [0.05, 0.1) is 16.8 Å². The molecule has 0 heterocycles. The molecule has 0 aliphatic rings. The summed E-state index contributed by atoms with van der Waals surface area (Å²) in [6.07, 6.45) is 0. The number of rotatable bonds is 3. The number of benzene rings is 2. The summed E-state index contributed by atoms with van der Waals surface area (Å²) in [5.74, 6) is 0.0864. The quantitative estimate of drug-likeness (QED) is 0.758. The Morgan fingerprint density at radius 2 is 1.89 bits per heavy atom. The zero-order valence-corrected chi connectivity index (χ0v) is 12.5. The number of hydrogen-bond donors (Lipinski definition) is 3. The molecule has 19 heavy (non-hydrogen) atoms. The van der Waals surface area contributed by atoms with Crippen molar-refractivity contribution in [2.24, 2.45) is 0 Å². The van der Waals surface area contributed by atoms with Crippen molar-refractivity contribution in [3.05, 3.63) is 51.5 Å². The van der Waals surface area contributed by atoms with Crippen molar-refractivity contribution in [1.82, 2.24) is 0 Å². The number of anilines is 1. The number of phenols is 2. The van der Waals surface area contributed by atoms with E-state index in [1.807, 2.05) is 19.1 Å². The highest BCUT2D eigenvalue weighted by Crippen LogP contribution is 2.32. The third-order valence-electron chi connectivity index (χ3n) is 2.78. The minimum atomic E-state index is -0.140. The molecule has 5 heteroatoms. The largest absolute Gasteiger partial charge is 0.508 e. The first-order valence-corrected chi connectivity index (χ1v) is 6.88. The van der Waals surface area contributed by atoms with E-state index >= 15 is 0 Å². The summed E-state index contributed by atoms with van der Waals surface area (Å²) < 4.78 is 0.906. The van der Waals surface area contributed by atoms with Crippen LogP contribution in [0.25, 0.3) is 0 Å². The molecule has 0 radical (unpaired) electrons. The third kappa shape index (κ3) is 3.33. The lowest BCUT2D eigenvalue weighted by Gasteiger charge is -2.18. The molecule has 3 nitrogen and oxygen atoms in total. The van der Waals surface area contributed by atoms with Gasteiger partial charge in [-0.2, -0.15) is 0 Å². The van der Waals surface area contributed by atoms with Crippen LogP contribution in [-0.2, 0) is 0 Å². The molecule has 1 atom stereocenters. The molecule has 1 unspecified atom stereocenters. The second-order valence-corrected chi connectivity index (χ2v) is 5.56. The van der Waals surface area contributed by atoms with E-state index in [0.29, 0.717) is 10.6 Å². The summed E-state index contributed by atoms with van der Waals surface area (Å²) in [6.45, 7) is 1.91. The first-order valence-electron chi connectivity index (χ1n) is 5.71. The Bertz CT molecular complexity index is 604. The maximum atomic E-state index is 9.81. The topological polar surface area (TPSA) is 52.5 Å². The van der Waals surface area contributed by atoms with Crippen LogP contribution < -0.4 is 5.32 Å². The summed E-state index contributed by atoms with van der Waals surface area (Å²) in [6, 6.07) is 9.94. The van der Waals surface area contributed by atoms with Gasteiger partial charge in [0.25, 0.3) is 0 Å². The monoisotopic (exact) mass is 341 g/mol. The molecule has 0 saturated carbocycles. The standard InChI is InChI=1S/C14H13BrClNO2/c1-8(11-4-3-10(18)7-14(11)19)17-13-5-2-9(15)6-12(13)16/h2-8,17-19H,1H3. The highest BCUT2D eigenvalue weighted by Gasteiger charge is 2.12. The Balaban J connectivity index is 2.23. The zero-order chi connectivity index (χ0) is 14.0. The van der Waals surface area contributed by atoms with Crippen molar-refractivity contribution < 1.29 is 10.2 Å². The SMILES string of the molecule is CC(Nc1ccc(Br)cc1Cl)c1ccc(O)cc1O. The summed E-state index contributed by atoms with van der Waals surface area (Å²) in [4.78, 5) is 0. The van der Waals surface area contributed by atoms with Crippen LogP contribution >= 0.6 is 27.5 Å². The van der Waals surface area contributed by atoms with Crippen LogP contribution in [0.1, 0.15) is 18.5 Å². The maximum absolute atomic E-state index is 9.81. The minimum absolute atomic E-state index is 0.0372. The molecule has 0 bridgehead atoms. The molecule has 0 aliphatic heterocycles. The number of nitrogens with one attached hydrogen (secondary N) is 1. The molecule has 0 spiro atoms. The van der Waals surface area contributed by atoms with Crippen LogP contribution in [0.15, 0.2) is 40.9 Å². The van der Waals surface area contributed by atoms with Gasteiger partial charge in [-0.3, -0.25) is 0 Å². The summed E-state index contributed by atoms with van der Waals surface area (Å²) in [5.41, 5.74) is 1.47. The molecular formula is C14H13BrClNO2. The molecule has 0 fully saturated rings. The lowest BCUT2D eigenvalue weighted by molar-refractivity contribution is 0.444. The molecule has 100 valence electrons. The van der Waals surface area contributed by atoms with E-state index in [4.69, 9.17) is 11.6 Å². The minimum Gasteiger partial charge on any atom is -0.508 e. The second kappa shape index (κ2) is 5.72. The van der Waals surface area contributed by atoms with Gasteiger partial charge in [-0.25, -0.2) is 0 Å². The molecular weight excluding hydrogens is 330 g/mol. The number of aromatic hydroxyl groups is 2. The first-order chi connectivity index (χ1) is 8.97. The van der Waals surface area contributed by atoms with Crippen LogP contribution in [0, 0.1) is 0 Å². The van der Waals surface area contributed by atoms with Gasteiger partial charge in [-0.05, 0) is 37.3 Å². The summed E-state index contributed by atoms with van der Waals surface area (Å²) >= 11 is 9.48. The zero-order valence-electron chi connectivity index (χ0n) is 10.2. The number of phenolic OH excluding ortho intramolecular Hbond substituents is 2. The molecule has 0 saturated heterocycles. The Labute approximate surface area is 125 Å². The molecule has 2 aromatic rings. The normalized spacial score (nSPS) is 12.2. The Morgan fingerprint density at radius 3 is 2.53 bits per heavy atom. The molecule has 0 aromatic heterocycles. The van der Waals surface area contributed by atoms with Crippen LogP contribution in [0.4, 0.5) is 5.69 Å². The predicted octanol–water partition coefficient (Wildman–Crippen LogP) is 4.69. The molecule has 2 aromatic carbocycles. The van der Waals surface area contributed by atoms with Crippen molar-refractivity contribution in [3.63, 3.8) is 0 Å². The van der Waals surface area contributed by atoms with Crippen molar-refractivity contribution in [1.29, 1.82) is 0 Å². The van der Waals surface area contributed by atoms with E-state index in [0.717, 1.165) is 10.2 Å².